The minimum atomic E-state index is -3.65. The Hall–Kier alpha value is -2.19. The Morgan fingerprint density at radius 1 is 1.17 bits per heavy atom. The molecule has 1 aromatic carbocycles. The molecule has 0 N–H and O–H groups in total. The van der Waals surface area contributed by atoms with Crippen LogP contribution in [-0.4, -0.2) is 36.5 Å². The highest BCUT2D eigenvalue weighted by atomic mass is 32.2. The van der Waals surface area contributed by atoms with Crippen LogP contribution in [0.25, 0.3) is 0 Å². The predicted molar refractivity (Wildman–Crippen MR) is 86.0 cm³/mol. The van der Waals surface area contributed by atoms with Crippen LogP contribution in [0.3, 0.4) is 0 Å². The van der Waals surface area contributed by atoms with Crippen LogP contribution >= 0.6 is 0 Å². The van der Waals surface area contributed by atoms with Gasteiger partial charge in [-0.05, 0) is 37.3 Å². The maximum atomic E-state index is 12.9. The average Bonchev–Trinajstić information content (AvgIpc) is 2.48. The third kappa shape index (κ3) is 3.07. The van der Waals surface area contributed by atoms with Gasteiger partial charge in [0.1, 0.15) is 17.7 Å². The highest BCUT2D eigenvalue weighted by Gasteiger charge is 2.38. The molecule has 1 aliphatic rings. The number of ether oxygens (including phenoxy) is 1. The van der Waals surface area contributed by atoms with Gasteiger partial charge in [0, 0.05) is 18.8 Å². The van der Waals surface area contributed by atoms with Gasteiger partial charge in [-0.2, -0.15) is 4.31 Å². The summed E-state index contributed by atoms with van der Waals surface area (Å²) in [4.78, 5) is 11.8. The van der Waals surface area contributed by atoms with Gasteiger partial charge in [-0.1, -0.05) is 0 Å². The molecule has 2 aromatic rings. The van der Waals surface area contributed by atoms with Crippen LogP contribution in [0.2, 0.25) is 0 Å². The molecule has 8 heteroatoms. The number of pyridine rings is 1. The second-order valence-corrected chi connectivity index (χ2v) is 7.68. The van der Waals surface area contributed by atoms with E-state index in [4.69, 9.17) is 4.74 Å². The number of aromatic nitrogens is 1. The Balaban J connectivity index is 1.67. The quantitative estimate of drug-likeness (QED) is 0.831. The third-order valence-electron chi connectivity index (χ3n) is 4.05. The summed E-state index contributed by atoms with van der Waals surface area (Å²) in [6.07, 6.45) is -0.313. The largest absolute Gasteiger partial charge is 0.487 e. The summed E-state index contributed by atoms with van der Waals surface area (Å²) in [6, 6.07) is 7.82. The maximum absolute atomic E-state index is 12.9. The monoisotopic (exact) mass is 352 g/mol. The summed E-state index contributed by atoms with van der Waals surface area (Å²) in [6.45, 7) is 2.17. The molecule has 0 unspecified atom stereocenters. The molecule has 0 aliphatic carbocycles. The molecule has 1 aromatic heterocycles. The van der Waals surface area contributed by atoms with Crippen molar-refractivity contribution in [2.75, 3.05) is 13.1 Å². The first kappa shape index (κ1) is 16.7. The summed E-state index contributed by atoms with van der Waals surface area (Å²) >= 11 is 0. The molecule has 6 nitrogen and oxygen atoms in total. The van der Waals surface area contributed by atoms with E-state index in [0.717, 1.165) is 17.8 Å². The van der Waals surface area contributed by atoms with Gasteiger partial charge in [0.2, 0.25) is 10.0 Å². The fraction of sp³-hybridized carbons (Fsp3) is 0.312. The molecule has 2 heterocycles. The molecule has 0 radical (unpaired) electrons. The van der Waals surface area contributed by atoms with Gasteiger partial charge in [-0.3, -0.25) is 4.79 Å². The number of aryl methyl sites for hydroxylation is 1. The number of hydrogen-bond acceptors (Lipinski definition) is 4. The lowest BCUT2D eigenvalue weighted by Crippen LogP contribution is -2.56. The van der Waals surface area contributed by atoms with Crippen LogP contribution in [0.15, 0.2) is 46.1 Å². The molecule has 0 bridgehead atoms. The van der Waals surface area contributed by atoms with E-state index >= 15 is 0 Å². The Kier molecular flexibility index (Phi) is 4.18. The summed E-state index contributed by atoms with van der Waals surface area (Å²) in [5, 5.41) is 0. The first-order valence-electron chi connectivity index (χ1n) is 7.37. The van der Waals surface area contributed by atoms with E-state index in [1.807, 2.05) is 0 Å². The van der Waals surface area contributed by atoms with Gasteiger partial charge in [-0.15, -0.1) is 0 Å². The lowest BCUT2D eigenvalue weighted by molar-refractivity contribution is 0.0759. The number of hydrogen-bond donors (Lipinski definition) is 0. The Labute approximate surface area is 139 Å². The van der Waals surface area contributed by atoms with E-state index in [1.54, 1.807) is 20.0 Å². The van der Waals surface area contributed by atoms with E-state index in [-0.39, 0.29) is 29.6 Å². The predicted octanol–water partition coefficient (Wildman–Crippen LogP) is 1.28. The van der Waals surface area contributed by atoms with Crippen molar-refractivity contribution < 1.29 is 17.5 Å². The Bertz CT molecular complexity index is 916. The molecule has 1 aliphatic heterocycles. The van der Waals surface area contributed by atoms with Crippen LogP contribution in [0.4, 0.5) is 4.39 Å². The van der Waals surface area contributed by atoms with Crippen molar-refractivity contribution in [1.29, 1.82) is 0 Å². The van der Waals surface area contributed by atoms with Crippen LogP contribution in [0.1, 0.15) is 5.69 Å². The first-order valence-corrected chi connectivity index (χ1v) is 8.81. The zero-order chi connectivity index (χ0) is 17.5. The molecule has 24 heavy (non-hydrogen) atoms. The van der Waals surface area contributed by atoms with Crippen molar-refractivity contribution >= 4 is 10.0 Å². The normalized spacial score (nSPS) is 16.0. The van der Waals surface area contributed by atoms with Crippen molar-refractivity contribution in [2.24, 2.45) is 7.05 Å². The standard InChI is InChI=1S/C16H17FN2O4S/c1-11-7-13(8-16(20)18(11)2)23-14-9-19(10-14)24(21,22)15-5-3-12(17)4-6-15/h3-8,14H,9-10H2,1-2H3. The lowest BCUT2D eigenvalue weighted by Gasteiger charge is -2.37. The number of rotatable bonds is 4. The minimum Gasteiger partial charge on any atom is -0.487 e. The van der Waals surface area contributed by atoms with E-state index in [1.165, 1.54) is 27.1 Å². The van der Waals surface area contributed by atoms with Gasteiger partial charge in [0.05, 0.1) is 18.0 Å². The van der Waals surface area contributed by atoms with Gasteiger partial charge in [-0.25, -0.2) is 12.8 Å². The molecule has 0 atom stereocenters. The summed E-state index contributed by atoms with van der Waals surface area (Å²) in [7, 11) is -1.98. The number of nitrogens with zero attached hydrogens (tertiary/aromatic N) is 2. The molecule has 0 saturated carbocycles. The average molecular weight is 352 g/mol. The second kappa shape index (κ2) is 6.03. The molecule has 3 rings (SSSR count). The molecular formula is C16H17FN2O4S. The van der Waals surface area contributed by atoms with Gasteiger partial charge in [0.25, 0.3) is 5.56 Å². The van der Waals surface area contributed by atoms with E-state index in [0.29, 0.717) is 5.75 Å². The first-order chi connectivity index (χ1) is 11.3. The second-order valence-electron chi connectivity index (χ2n) is 5.75. The molecular weight excluding hydrogens is 335 g/mol. The Morgan fingerprint density at radius 3 is 2.38 bits per heavy atom. The van der Waals surface area contributed by atoms with Gasteiger partial charge < -0.3 is 9.30 Å². The van der Waals surface area contributed by atoms with Gasteiger partial charge in [0.15, 0.2) is 0 Å². The smallest absolute Gasteiger partial charge is 0.254 e. The summed E-state index contributed by atoms with van der Waals surface area (Å²) in [5.41, 5.74) is 0.577. The minimum absolute atomic E-state index is 0.0479. The van der Waals surface area contributed by atoms with E-state index in [2.05, 4.69) is 0 Å². The van der Waals surface area contributed by atoms with Crippen molar-refractivity contribution in [1.82, 2.24) is 8.87 Å². The highest BCUT2D eigenvalue weighted by Crippen LogP contribution is 2.24. The molecule has 0 spiro atoms. The lowest BCUT2D eigenvalue weighted by atomic mass is 10.2. The zero-order valence-electron chi connectivity index (χ0n) is 13.3. The van der Waals surface area contributed by atoms with Crippen molar-refractivity contribution in [2.45, 2.75) is 17.9 Å². The van der Waals surface area contributed by atoms with Crippen LogP contribution in [0.5, 0.6) is 5.75 Å². The SMILES string of the molecule is Cc1cc(OC2CN(S(=O)(=O)c3ccc(F)cc3)C2)cc(=O)n1C. The summed E-state index contributed by atoms with van der Waals surface area (Å²) in [5.74, 6) is -0.0563. The fourth-order valence-electron chi connectivity index (χ4n) is 2.42. The van der Waals surface area contributed by atoms with E-state index in [9.17, 15) is 17.6 Å². The number of halogens is 1. The third-order valence-corrected chi connectivity index (χ3v) is 5.89. The maximum Gasteiger partial charge on any atom is 0.254 e. The number of sulfonamides is 1. The van der Waals surface area contributed by atoms with Crippen LogP contribution in [-0.2, 0) is 17.1 Å². The van der Waals surface area contributed by atoms with Crippen LogP contribution < -0.4 is 10.3 Å². The van der Waals surface area contributed by atoms with Crippen molar-refractivity contribution in [3.63, 3.8) is 0 Å². The molecule has 128 valence electrons. The van der Waals surface area contributed by atoms with Crippen molar-refractivity contribution in [3.8, 4) is 5.75 Å². The fourth-order valence-corrected chi connectivity index (χ4v) is 3.93. The molecule has 1 saturated heterocycles. The highest BCUT2D eigenvalue weighted by molar-refractivity contribution is 7.89. The van der Waals surface area contributed by atoms with E-state index < -0.39 is 15.8 Å². The molecule has 0 amide bonds. The Morgan fingerprint density at radius 2 is 1.79 bits per heavy atom. The topological polar surface area (TPSA) is 68.6 Å². The zero-order valence-corrected chi connectivity index (χ0v) is 14.1. The number of benzene rings is 1. The van der Waals surface area contributed by atoms with Crippen molar-refractivity contribution in [3.05, 3.63) is 58.3 Å². The van der Waals surface area contributed by atoms with Gasteiger partial charge >= 0.3 is 0 Å². The summed E-state index contributed by atoms with van der Waals surface area (Å²) < 4.78 is 46.1. The molecule has 1 fully saturated rings. The van der Waals surface area contributed by atoms with Crippen LogP contribution in [0, 0.1) is 12.7 Å².